The Morgan fingerprint density at radius 2 is 1.74 bits per heavy atom. The number of benzene rings is 2. The summed E-state index contributed by atoms with van der Waals surface area (Å²) in [6.45, 7) is 3.77. The minimum Gasteiger partial charge on any atom is -0.383 e. The van der Waals surface area contributed by atoms with Gasteiger partial charge in [0.15, 0.2) is 5.65 Å². The number of nitrogens with zero attached hydrogens (tertiary/aromatic N) is 6. The first-order chi connectivity index (χ1) is 18.7. The van der Waals surface area contributed by atoms with Crippen LogP contribution in [-0.2, 0) is 11.2 Å². The van der Waals surface area contributed by atoms with Gasteiger partial charge in [0, 0.05) is 31.1 Å². The van der Waals surface area contributed by atoms with Crippen LogP contribution in [-0.4, -0.2) is 67.0 Å². The van der Waals surface area contributed by atoms with E-state index in [2.05, 4.69) is 60.9 Å². The number of hydrogen-bond donors (Lipinski definition) is 2. The number of nitrogen functional groups attached to an aromatic ring is 1. The van der Waals surface area contributed by atoms with Crippen LogP contribution in [0.4, 0.5) is 5.82 Å². The van der Waals surface area contributed by atoms with E-state index in [4.69, 9.17) is 20.6 Å². The molecule has 2 fully saturated rings. The largest absolute Gasteiger partial charge is 0.383 e. The first kappa shape index (κ1) is 23.3. The van der Waals surface area contributed by atoms with Crippen molar-refractivity contribution in [2.75, 3.05) is 32.0 Å². The fraction of sp³-hybridized carbons (Fsp3) is 0.379. The first-order valence-corrected chi connectivity index (χ1v) is 13.6. The van der Waals surface area contributed by atoms with Crippen LogP contribution in [0, 0.1) is 0 Å². The van der Waals surface area contributed by atoms with Crippen molar-refractivity contribution in [2.45, 2.75) is 44.2 Å². The van der Waals surface area contributed by atoms with Crippen LogP contribution in [0.5, 0.6) is 0 Å². The Hall–Kier alpha value is -3.82. The Kier molecular flexibility index (Phi) is 6.02. The Labute approximate surface area is 221 Å². The van der Waals surface area contributed by atoms with E-state index in [1.54, 1.807) is 6.33 Å². The van der Waals surface area contributed by atoms with Gasteiger partial charge in [-0.15, -0.1) is 0 Å². The zero-order valence-electron chi connectivity index (χ0n) is 21.4. The summed E-state index contributed by atoms with van der Waals surface area (Å²) in [4.78, 5) is 19.9. The third-order valence-electron chi connectivity index (χ3n) is 8.11. The average Bonchev–Trinajstić information content (AvgIpc) is 3.56. The molecule has 194 valence electrons. The van der Waals surface area contributed by atoms with Gasteiger partial charge in [-0.2, -0.15) is 5.10 Å². The second kappa shape index (κ2) is 9.81. The Balaban J connectivity index is 1.19. The smallest absolute Gasteiger partial charge is 0.164 e. The number of rotatable bonds is 5. The molecule has 2 aromatic carbocycles. The molecule has 0 unspecified atom stereocenters. The van der Waals surface area contributed by atoms with Crippen molar-refractivity contribution >= 4 is 27.9 Å². The molecule has 38 heavy (non-hydrogen) atoms. The first-order valence-electron chi connectivity index (χ1n) is 13.6. The third-order valence-corrected chi connectivity index (χ3v) is 8.11. The number of H-pyrrole nitrogens is 1. The molecule has 7 rings (SSSR count). The monoisotopic (exact) mass is 508 g/mol. The number of ether oxygens (including phenoxy) is 1. The summed E-state index contributed by atoms with van der Waals surface area (Å²) in [6.07, 6.45) is 6.77. The molecule has 9 heteroatoms. The molecule has 5 aromatic rings. The van der Waals surface area contributed by atoms with Crippen molar-refractivity contribution < 1.29 is 4.74 Å². The van der Waals surface area contributed by atoms with E-state index in [9.17, 15) is 0 Å². The second-order valence-corrected chi connectivity index (χ2v) is 10.4. The van der Waals surface area contributed by atoms with Crippen LogP contribution < -0.4 is 5.73 Å². The van der Waals surface area contributed by atoms with Crippen LogP contribution in [0.1, 0.15) is 43.1 Å². The number of nitrogens with one attached hydrogen (secondary N) is 1. The molecular formula is C29H32N8O. The summed E-state index contributed by atoms with van der Waals surface area (Å²) in [6, 6.07) is 17.5. The van der Waals surface area contributed by atoms with Crippen molar-refractivity contribution in [1.82, 2.24) is 34.6 Å². The summed E-state index contributed by atoms with van der Waals surface area (Å²) >= 11 is 0. The fourth-order valence-electron chi connectivity index (χ4n) is 6.15. The van der Waals surface area contributed by atoms with E-state index in [0.29, 0.717) is 17.9 Å². The van der Waals surface area contributed by atoms with Gasteiger partial charge in [-0.05, 0) is 43.4 Å². The summed E-state index contributed by atoms with van der Waals surface area (Å²) < 4.78 is 7.66. The maximum absolute atomic E-state index is 6.42. The Bertz CT molecular complexity index is 1560. The molecule has 1 saturated heterocycles. The topological polar surface area (TPSA) is 111 Å². The van der Waals surface area contributed by atoms with Gasteiger partial charge in [0.1, 0.15) is 23.7 Å². The van der Waals surface area contributed by atoms with Gasteiger partial charge in [0.25, 0.3) is 0 Å². The number of aromatic nitrogens is 6. The number of aromatic amines is 1. The van der Waals surface area contributed by atoms with Crippen LogP contribution in [0.15, 0.2) is 54.9 Å². The van der Waals surface area contributed by atoms with Crippen LogP contribution in [0.3, 0.4) is 0 Å². The summed E-state index contributed by atoms with van der Waals surface area (Å²) in [5, 5.41) is 5.95. The SMILES string of the molecule is Nc1ncnc2c1c(-c1ccc3nc(Cc4ccccc4)[nH]c3c1)nn2[C@H]1CC[C@H](N2CCOCC2)CC1. The van der Waals surface area contributed by atoms with Gasteiger partial charge in [-0.25, -0.2) is 19.6 Å². The number of anilines is 1. The molecule has 0 amide bonds. The predicted octanol–water partition coefficient (Wildman–Crippen LogP) is 4.36. The average molecular weight is 509 g/mol. The maximum atomic E-state index is 6.42. The number of hydrogen-bond acceptors (Lipinski definition) is 7. The molecule has 1 aliphatic heterocycles. The minimum atomic E-state index is 0.297. The van der Waals surface area contributed by atoms with Crippen molar-refractivity contribution in [3.05, 3.63) is 66.2 Å². The van der Waals surface area contributed by atoms with E-state index in [1.165, 1.54) is 5.56 Å². The molecular weight excluding hydrogens is 476 g/mol. The molecule has 4 heterocycles. The van der Waals surface area contributed by atoms with Crippen LogP contribution in [0.25, 0.3) is 33.3 Å². The van der Waals surface area contributed by atoms with E-state index in [0.717, 1.165) is 97.6 Å². The predicted molar refractivity (Wildman–Crippen MR) is 148 cm³/mol. The lowest BCUT2D eigenvalue weighted by Gasteiger charge is -2.38. The zero-order chi connectivity index (χ0) is 25.5. The normalized spacial score (nSPS) is 20.8. The van der Waals surface area contributed by atoms with Crippen molar-refractivity contribution in [1.29, 1.82) is 0 Å². The van der Waals surface area contributed by atoms with Gasteiger partial charge in [0.2, 0.25) is 0 Å². The lowest BCUT2D eigenvalue weighted by molar-refractivity contribution is 0.00520. The Morgan fingerprint density at radius 1 is 0.947 bits per heavy atom. The standard InChI is InChI=1S/C29H32N8O/c30-28-26-27(20-6-11-23-24(17-20)34-25(33-23)16-19-4-2-1-3-5-19)35-37(29(26)32-18-31-28)22-9-7-21(8-10-22)36-12-14-38-15-13-36/h1-6,11,17-18,21-22H,7-10,12-16H2,(H,33,34)(H2,30,31,32)/t21-,22-. The molecule has 1 saturated carbocycles. The van der Waals surface area contributed by atoms with Crippen molar-refractivity contribution in [2.24, 2.45) is 0 Å². The van der Waals surface area contributed by atoms with E-state index in [1.807, 2.05) is 12.1 Å². The summed E-state index contributed by atoms with van der Waals surface area (Å²) in [5.74, 6) is 1.41. The highest BCUT2D eigenvalue weighted by molar-refractivity contribution is 5.99. The molecule has 0 spiro atoms. The van der Waals surface area contributed by atoms with Crippen molar-refractivity contribution in [3.8, 4) is 11.3 Å². The molecule has 0 atom stereocenters. The maximum Gasteiger partial charge on any atom is 0.164 e. The quantitative estimate of drug-likeness (QED) is 0.363. The number of morpholine rings is 1. The Morgan fingerprint density at radius 3 is 2.55 bits per heavy atom. The summed E-state index contributed by atoms with van der Waals surface area (Å²) in [7, 11) is 0. The highest BCUT2D eigenvalue weighted by Crippen LogP contribution is 2.37. The molecule has 2 aliphatic rings. The molecule has 9 nitrogen and oxygen atoms in total. The highest BCUT2D eigenvalue weighted by atomic mass is 16.5. The molecule has 0 radical (unpaired) electrons. The van der Waals surface area contributed by atoms with Gasteiger partial charge in [-0.1, -0.05) is 36.4 Å². The number of imidazole rings is 1. The lowest BCUT2D eigenvalue weighted by atomic mass is 9.90. The van der Waals surface area contributed by atoms with Gasteiger partial charge in [0.05, 0.1) is 35.7 Å². The number of nitrogens with two attached hydrogens (primary N) is 1. The van der Waals surface area contributed by atoms with E-state index >= 15 is 0 Å². The van der Waals surface area contributed by atoms with Gasteiger partial charge >= 0.3 is 0 Å². The van der Waals surface area contributed by atoms with Gasteiger partial charge in [-0.3, -0.25) is 4.90 Å². The van der Waals surface area contributed by atoms with Crippen molar-refractivity contribution in [3.63, 3.8) is 0 Å². The van der Waals surface area contributed by atoms with E-state index in [-0.39, 0.29) is 0 Å². The number of fused-ring (bicyclic) bond motifs is 2. The minimum absolute atomic E-state index is 0.297. The second-order valence-electron chi connectivity index (χ2n) is 10.4. The van der Waals surface area contributed by atoms with E-state index < -0.39 is 0 Å². The third kappa shape index (κ3) is 4.31. The zero-order valence-corrected chi connectivity index (χ0v) is 21.4. The lowest BCUT2D eigenvalue weighted by Crippen LogP contribution is -2.45. The van der Waals surface area contributed by atoms with Crippen LogP contribution in [0.2, 0.25) is 0 Å². The highest BCUT2D eigenvalue weighted by Gasteiger charge is 2.30. The molecule has 3 aromatic heterocycles. The van der Waals surface area contributed by atoms with Crippen LogP contribution >= 0.6 is 0 Å². The van der Waals surface area contributed by atoms with Gasteiger partial charge < -0.3 is 15.5 Å². The summed E-state index contributed by atoms with van der Waals surface area (Å²) in [5.41, 5.74) is 12.2. The molecule has 3 N–H and O–H groups in total. The molecule has 1 aliphatic carbocycles. The fourth-order valence-corrected chi connectivity index (χ4v) is 6.15. The molecule has 0 bridgehead atoms.